The van der Waals surface area contributed by atoms with Gasteiger partial charge in [-0.1, -0.05) is 13.8 Å². The van der Waals surface area contributed by atoms with Crippen LogP contribution in [0.5, 0.6) is 17.2 Å². The number of benzene rings is 1. The molecule has 0 aromatic heterocycles. The Bertz CT molecular complexity index is 512. The second kappa shape index (κ2) is 4.62. The summed E-state index contributed by atoms with van der Waals surface area (Å²) in [4.78, 5) is 11.1. The molecule has 3 N–H and O–H groups in total. The Balaban J connectivity index is 2.52. The van der Waals surface area contributed by atoms with E-state index in [-0.39, 0.29) is 6.79 Å². The van der Waals surface area contributed by atoms with Gasteiger partial charge in [0.2, 0.25) is 6.79 Å². The molecule has 0 aliphatic carbocycles. The zero-order chi connectivity index (χ0) is 14.2. The van der Waals surface area contributed by atoms with Gasteiger partial charge in [0, 0.05) is 17.0 Å². The molecule has 1 aromatic rings. The first-order chi connectivity index (χ1) is 8.87. The molecule has 1 aromatic carbocycles. The molecule has 1 aliphatic rings. The Morgan fingerprint density at radius 3 is 2.53 bits per heavy atom. The molecule has 19 heavy (non-hydrogen) atoms. The van der Waals surface area contributed by atoms with Crippen molar-refractivity contribution in [2.24, 2.45) is 5.73 Å². The number of rotatable bonds is 4. The van der Waals surface area contributed by atoms with E-state index in [1.165, 1.54) is 7.11 Å². The number of carboxylic acid groups (broad SMARTS) is 1. The van der Waals surface area contributed by atoms with Crippen LogP contribution in [0.4, 0.5) is 0 Å². The van der Waals surface area contributed by atoms with Crippen LogP contribution in [-0.2, 0) is 10.2 Å². The van der Waals surface area contributed by atoms with Crippen molar-refractivity contribution >= 4 is 5.97 Å². The summed E-state index contributed by atoms with van der Waals surface area (Å²) in [6.07, 6.45) is 0. The van der Waals surface area contributed by atoms with E-state index in [0.29, 0.717) is 22.8 Å². The summed E-state index contributed by atoms with van der Waals surface area (Å²) in [5, 5.41) is 9.11. The van der Waals surface area contributed by atoms with Crippen molar-refractivity contribution < 1.29 is 24.1 Å². The van der Waals surface area contributed by atoms with Gasteiger partial charge >= 0.3 is 5.97 Å². The highest BCUT2D eigenvalue weighted by atomic mass is 16.7. The van der Waals surface area contributed by atoms with Crippen LogP contribution in [0.25, 0.3) is 0 Å². The molecule has 1 aliphatic heterocycles. The standard InChI is InChI=1S/C13H17NO5/c1-13(2,11(14)12(15)16)7-4-9-10(19-6-18-9)5-8(7)17-3/h4-5,11H,6,14H2,1-3H3,(H,15,16). The van der Waals surface area contributed by atoms with Gasteiger partial charge in [-0.25, -0.2) is 0 Å². The molecule has 1 unspecified atom stereocenters. The minimum absolute atomic E-state index is 0.146. The molecule has 1 atom stereocenters. The Morgan fingerprint density at radius 2 is 2.00 bits per heavy atom. The molecule has 104 valence electrons. The maximum atomic E-state index is 11.1. The van der Waals surface area contributed by atoms with Gasteiger partial charge in [-0.05, 0) is 6.07 Å². The van der Waals surface area contributed by atoms with Crippen LogP contribution in [0, 0.1) is 0 Å². The maximum Gasteiger partial charge on any atom is 0.321 e. The second-order valence-electron chi connectivity index (χ2n) is 4.94. The van der Waals surface area contributed by atoms with Crippen molar-refractivity contribution in [3.8, 4) is 17.2 Å². The molecule has 0 radical (unpaired) electrons. The number of hydrogen-bond donors (Lipinski definition) is 2. The van der Waals surface area contributed by atoms with Gasteiger partial charge in [0.15, 0.2) is 11.5 Å². The normalized spacial score (nSPS) is 15.2. The van der Waals surface area contributed by atoms with E-state index in [0.717, 1.165) is 0 Å². The van der Waals surface area contributed by atoms with Gasteiger partial charge in [-0.3, -0.25) is 4.79 Å². The largest absolute Gasteiger partial charge is 0.496 e. The summed E-state index contributed by atoms with van der Waals surface area (Å²) < 4.78 is 15.9. The highest BCUT2D eigenvalue weighted by Gasteiger charge is 2.37. The summed E-state index contributed by atoms with van der Waals surface area (Å²) in [5.74, 6) is 0.623. The summed E-state index contributed by atoms with van der Waals surface area (Å²) in [6, 6.07) is 2.36. The van der Waals surface area contributed by atoms with E-state index in [2.05, 4.69) is 0 Å². The Kier molecular flexibility index (Phi) is 3.28. The molecule has 0 bridgehead atoms. The van der Waals surface area contributed by atoms with Crippen molar-refractivity contribution in [2.45, 2.75) is 25.3 Å². The number of methoxy groups -OCH3 is 1. The minimum atomic E-state index is -1.07. The first kappa shape index (κ1) is 13.5. The van der Waals surface area contributed by atoms with Crippen LogP contribution in [0.3, 0.4) is 0 Å². The molecule has 0 fully saturated rings. The average molecular weight is 267 g/mol. The van der Waals surface area contributed by atoms with Crippen LogP contribution in [0.1, 0.15) is 19.4 Å². The fraction of sp³-hybridized carbons (Fsp3) is 0.462. The molecule has 6 nitrogen and oxygen atoms in total. The van der Waals surface area contributed by atoms with Gasteiger partial charge < -0.3 is 25.1 Å². The molecular weight excluding hydrogens is 250 g/mol. The lowest BCUT2D eigenvalue weighted by Gasteiger charge is -2.30. The van der Waals surface area contributed by atoms with Gasteiger partial charge in [-0.2, -0.15) is 0 Å². The monoisotopic (exact) mass is 267 g/mol. The zero-order valence-electron chi connectivity index (χ0n) is 11.1. The second-order valence-corrected chi connectivity index (χ2v) is 4.94. The fourth-order valence-corrected chi connectivity index (χ4v) is 2.07. The van der Waals surface area contributed by atoms with Crippen molar-refractivity contribution in [3.63, 3.8) is 0 Å². The Morgan fingerprint density at radius 1 is 1.42 bits per heavy atom. The van der Waals surface area contributed by atoms with Gasteiger partial charge in [0.25, 0.3) is 0 Å². The van der Waals surface area contributed by atoms with Crippen LogP contribution in [0.2, 0.25) is 0 Å². The lowest BCUT2D eigenvalue weighted by molar-refractivity contribution is -0.140. The maximum absolute atomic E-state index is 11.1. The molecule has 1 heterocycles. The molecule has 2 rings (SSSR count). The number of carbonyl (C=O) groups is 1. The first-order valence-electron chi connectivity index (χ1n) is 5.84. The lowest BCUT2D eigenvalue weighted by atomic mass is 9.77. The van der Waals surface area contributed by atoms with E-state index in [1.807, 2.05) is 0 Å². The predicted molar refractivity (Wildman–Crippen MR) is 67.8 cm³/mol. The van der Waals surface area contributed by atoms with E-state index in [4.69, 9.17) is 25.1 Å². The molecular formula is C13H17NO5. The molecule has 0 amide bonds. The van der Waals surface area contributed by atoms with Gasteiger partial charge in [-0.15, -0.1) is 0 Å². The van der Waals surface area contributed by atoms with Crippen molar-refractivity contribution in [3.05, 3.63) is 17.7 Å². The summed E-state index contributed by atoms with van der Waals surface area (Å²) in [5.41, 5.74) is 5.64. The highest BCUT2D eigenvalue weighted by Crippen LogP contribution is 2.43. The van der Waals surface area contributed by atoms with Gasteiger partial charge in [0.1, 0.15) is 11.8 Å². The number of nitrogens with two attached hydrogens (primary N) is 1. The van der Waals surface area contributed by atoms with E-state index < -0.39 is 17.4 Å². The fourth-order valence-electron chi connectivity index (χ4n) is 2.07. The lowest BCUT2D eigenvalue weighted by Crippen LogP contribution is -2.46. The summed E-state index contributed by atoms with van der Waals surface area (Å²) in [7, 11) is 1.52. The number of carboxylic acids is 1. The third-order valence-corrected chi connectivity index (χ3v) is 3.43. The Hall–Kier alpha value is -1.95. The third-order valence-electron chi connectivity index (χ3n) is 3.43. The SMILES string of the molecule is COc1cc2c(cc1C(C)(C)C(N)C(=O)O)OCO2. The van der Waals surface area contributed by atoms with Crippen LogP contribution in [0.15, 0.2) is 12.1 Å². The van der Waals surface area contributed by atoms with Crippen LogP contribution < -0.4 is 19.9 Å². The zero-order valence-corrected chi connectivity index (χ0v) is 11.1. The molecule has 6 heteroatoms. The number of fused-ring (bicyclic) bond motifs is 1. The van der Waals surface area contributed by atoms with E-state index in [1.54, 1.807) is 26.0 Å². The third kappa shape index (κ3) is 2.19. The minimum Gasteiger partial charge on any atom is -0.496 e. The number of hydrogen-bond acceptors (Lipinski definition) is 5. The van der Waals surface area contributed by atoms with Gasteiger partial charge in [0.05, 0.1) is 7.11 Å². The topological polar surface area (TPSA) is 91.0 Å². The smallest absolute Gasteiger partial charge is 0.321 e. The van der Waals surface area contributed by atoms with Crippen molar-refractivity contribution in [1.82, 2.24) is 0 Å². The number of ether oxygens (including phenoxy) is 3. The summed E-state index contributed by atoms with van der Waals surface area (Å²) >= 11 is 0. The summed E-state index contributed by atoms with van der Waals surface area (Å²) in [6.45, 7) is 3.66. The highest BCUT2D eigenvalue weighted by molar-refractivity contribution is 5.76. The number of aliphatic carboxylic acids is 1. The Labute approximate surface area is 111 Å². The predicted octanol–water partition coefficient (Wildman–Crippen LogP) is 1.11. The average Bonchev–Trinajstić information content (AvgIpc) is 2.82. The quantitative estimate of drug-likeness (QED) is 0.849. The van der Waals surface area contributed by atoms with Crippen LogP contribution >= 0.6 is 0 Å². The van der Waals surface area contributed by atoms with Crippen LogP contribution in [-0.4, -0.2) is 31.0 Å². The molecule has 0 saturated heterocycles. The van der Waals surface area contributed by atoms with Crippen molar-refractivity contribution in [2.75, 3.05) is 13.9 Å². The van der Waals surface area contributed by atoms with E-state index in [9.17, 15) is 4.79 Å². The molecule has 0 saturated carbocycles. The van der Waals surface area contributed by atoms with E-state index >= 15 is 0 Å². The van der Waals surface area contributed by atoms with Crippen molar-refractivity contribution in [1.29, 1.82) is 0 Å². The molecule has 0 spiro atoms. The first-order valence-corrected chi connectivity index (χ1v) is 5.84.